The average molecular weight is 369 g/mol. The van der Waals surface area contributed by atoms with E-state index in [0.717, 1.165) is 11.1 Å². The Hall–Kier alpha value is -2.76. The van der Waals surface area contributed by atoms with E-state index in [2.05, 4.69) is 10.3 Å². The summed E-state index contributed by atoms with van der Waals surface area (Å²) in [6.45, 7) is 8.99. The van der Waals surface area contributed by atoms with E-state index >= 15 is 0 Å². The largest absolute Gasteiger partial charge is 0.352 e. The molecule has 3 rings (SSSR count). The number of rotatable bonds is 3. The molecule has 0 aromatic heterocycles. The molecule has 0 fully saturated rings. The molecule has 27 heavy (non-hydrogen) atoms. The maximum absolute atomic E-state index is 13.6. The zero-order valence-corrected chi connectivity index (χ0v) is 16.1. The first-order valence-corrected chi connectivity index (χ1v) is 9.05. The molecular formula is C21H24FN3O2. The number of aliphatic imine (C=N–C) groups is 1. The number of aryl methyl sites for hydroxylation is 1. The van der Waals surface area contributed by atoms with Crippen LogP contribution in [0.1, 0.15) is 36.7 Å². The van der Waals surface area contributed by atoms with Crippen LogP contribution in [0.5, 0.6) is 0 Å². The zero-order valence-electron chi connectivity index (χ0n) is 16.1. The zero-order chi connectivity index (χ0) is 19.8. The molecule has 6 heteroatoms. The third-order valence-electron chi connectivity index (χ3n) is 5.00. The quantitative estimate of drug-likeness (QED) is 0.890. The van der Waals surface area contributed by atoms with Crippen molar-refractivity contribution in [1.82, 2.24) is 10.2 Å². The van der Waals surface area contributed by atoms with Crippen molar-refractivity contribution in [1.29, 1.82) is 0 Å². The molecule has 2 aliphatic heterocycles. The number of nitrogens with one attached hydrogen (secondary N) is 1. The van der Waals surface area contributed by atoms with Crippen molar-refractivity contribution in [2.75, 3.05) is 19.6 Å². The van der Waals surface area contributed by atoms with Gasteiger partial charge in [0, 0.05) is 42.1 Å². The lowest BCUT2D eigenvalue weighted by molar-refractivity contribution is -0.117. The second-order valence-electron chi connectivity index (χ2n) is 7.55. The number of nitrogens with zero attached hydrogens (tertiary/aromatic N) is 2. The van der Waals surface area contributed by atoms with Gasteiger partial charge in [-0.2, -0.15) is 0 Å². The predicted molar refractivity (Wildman–Crippen MR) is 103 cm³/mol. The second kappa shape index (κ2) is 7.10. The molecule has 5 nitrogen and oxygen atoms in total. The molecule has 0 radical (unpaired) electrons. The number of benzene rings is 1. The molecule has 2 heterocycles. The maximum Gasteiger partial charge on any atom is 0.257 e. The van der Waals surface area contributed by atoms with Gasteiger partial charge in [0.2, 0.25) is 0 Å². The van der Waals surface area contributed by atoms with Crippen molar-refractivity contribution in [3.05, 3.63) is 58.1 Å². The summed E-state index contributed by atoms with van der Waals surface area (Å²) in [4.78, 5) is 31.7. The molecule has 2 amide bonds. The Bertz CT molecular complexity index is 897. The first kappa shape index (κ1) is 19.0. The Morgan fingerprint density at radius 2 is 2.07 bits per heavy atom. The van der Waals surface area contributed by atoms with Crippen LogP contribution in [0.4, 0.5) is 4.39 Å². The fourth-order valence-corrected chi connectivity index (χ4v) is 3.51. The summed E-state index contributed by atoms with van der Waals surface area (Å²) in [5.74, 6) is -0.839. The van der Waals surface area contributed by atoms with Gasteiger partial charge >= 0.3 is 0 Å². The van der Waals surface area contributed by atoms with Crippen molar-refractivity contribution in [3.8, 4) is 0 Å². The third-order valence-corrected chi connectivity index (χ3v) is 5.00. The van der Waals surface area contributed by atoms with Gasteiger partial charge in [0.15, 0.2) is 0 Å². The van der Waals surface area contributed by atoms with Gasteiger partial charge in [-0.05, 0) is 43.2 Å². The number of hydrogen-bond donors (Lipinski definition) is 1. The molecular weight excluding hydrogens is 345 g/mol. The Morgan fingerprint density at radius 3 is 2.74 bits per heavy atom. The van der Waals surface area contributed by atoms with Crippen LogP contribution in [0, 0.1) is 18.2 Å². The van der Waals surface area contributed by atoms with Gasteiger partial charge in [0.1, 0.15) is 5.82 Å². The van der Waals surface area contributed by atoms with Gasteiger partial charge in [-0.25, -0.2) is 4.39 Å². The minimum Gasteiger partial charge on any atom is -0.352 e. The lowest BCUT2D eigenvalue weighted by atomic mass is 9.81. The van der Waals surface area contributed by atoms with E-state index in [1.54, 1.807) is 24.2 Å². The SMILES string of the molecule is CCNC(=O)C1=CN(C(=O)c2ccc(F)c(C)c2)CC(C)(C)C2=C1C=NC2. The van der Waals surface area contributed by atoms with Crippen LogP contribution in [0.2, 0.25) is 0 Å². The highest BCUT2D eigenvalue weighted by Crippen LogP contribution is 2.38. The van der Waals surface area contributed by atoms with Gasteiger partial charge in [0.25, 0.3) is 11.8 Å². The highest BCUT2D eigenvalue weighted by atomic mass is 19.1. The van der Waals surface area contributed by atoms with Crippen molar-refractivity contribution in [2.45, 2.75) is 27.7 Å². The molecule has 142 valence electrons. The lowest BCUT2D eigenvalue weighted by Crippen LogP contribution is -2.36. The van der Waals surface area contributed by atoms with Crippen LogP contribution in [0.15, 0.2) is 46.1 Å². The number of carbonyl (C=O) groups is 2. The summed E-state index contributed by atoms with van der Waals surface area (Å²) < 4.78 is 13.6. The van der Waals surface area contributed by atoms with E-state index < -0.39 is 0 Å². The summed E-state index contributed by atoms with van der Waals surface area (Å²) in [6.07, 6.45) is 3.32. The Labute approximate surface area is 158 Å². The monoisotopic (exact) mass is 369 g/mol. The fourth-order valence-electron chi connectivity index (χ4n) is 3.51. The highest BCUT2D eigenvalue weighted by molar-refractivity contribution is 6.08. The minimum absolute atomic E-state index is 0.232. The molecule has 1 aromatic rings. The smallest absolute Gasteiger partial charge is 0.257 e. The molecule has 0 aliphatic carbocycles. The van der Waals surface area contributed by atoms with Crippen LogP contribution >= 0.6 is 0 Å². The molecule has 0 atom stereocenters. The van der Waals surface area contributed by atoms with Crippen LogP contribution in [0.3, 0.4) is 0 Å². The van der Waals surface area contributed by atoms with E-state index in [-0.39, 0.29) is 23.0 Å². The highest BCUT2D eigenvalue weighted by Gasteiger charge is 2.36. The fraction of sp³-hybridized carbons (Fsp3) is 0.381. The van der Waals surface area contributed by atoms with E-state index in [4.69, 9.17) is 0 Å². The summed E-state index contributed by atoms with van der Waals surface area (Å²) in [6, 6.07) is 4.31. The normalized spacial score (nSPS) is 18.1. The molecule has 1 aromatic carbocycles. The molecule has 0 saturated heterocycles. The molecule has 0 saturated carbocycles. The number of likely N-dealkylation sites (N-methyl/N-ethyl adjacent to an activating group) is 1. The topological polar surface area (TPSA) is 61.8 Å². The minimum atomic E-state index is -0.349. The average Bonchev–Trinajstić information content (AvgIpc) is 3.07. The number of carbonyl (C=O) groups excluding carboxylic acids is 2. The number of amides is 2. The van der Waals surface area contributed by atoms with Crippen LogP contribution in [-0.2, 0) is 4.79 Å². The molecule has 0 bridgehead atoms. The third kappa shape index (κ3) is 3.56. The van der Waals surface area contributed by atoms with E-state index in [9.17, 15) is 14.0 Å². The number of halogens is 1. The summed E-state index contributed by atoms with van der Waals surface area (Å²) >= 11 is 0. The Balaban J connectivity index is 2.06. The predicted octanol–water partition coefficient (Wildman–Crippen LogP) is 3.02. The van der Waals surface area contributed by atoms with Crippen molar-refractivity contribution in [2.24, 2.45) is 10.4 Å². The van der Waals surface area contributed by atoms with E-state index in [1.807, 2.05) is 20.8 Å². The Morgan fingerprint density at radius 1 is 1.33 bits per heavy atom. The van der Waals surface area contributed by atoms with Crippen LogP contribution in [0.25, 0.3) is 0 Å². The van der Waals surface area contributed by atoms with Gasteiger partial charge < -0.3 is 10.2 Å². The summed E-state index contributed by atoms with van der Waals surface area (Å²) in [5, 5.41) is 2.81. The van der Waals surface area contributed by atoms with E-state index in [1.165, 1.54) is 18.2 Å². The molecule has 1 N–H and O–H groups in total. The van der Waals surface area contributed by atoms with Gasteiger partial charge in [-0.15, -0.1) is 0 Å². The van der Waals surface area contributed by atoms with Crippen LogP contribution < -0.4 is 5.32 Å². The number of hydrogen-bond acceptors (Lipinski definition) is 3. The standard InChI is InChI=1S/C21H24FN3O2/c1-5-24-19(26)16-11-25(12-21(3,4)17-10-23-9-15(16)17)20(27)14-6-7-18(22)13(2)8-14/h6-9,11H,5,10,12H2,1-4H3,(H,24,26). The van der Waals surface area contributed by atoms with Gasteiger partial charge in [0.05, 0.1) is 12.1 Å². The van der Waals surface area contributed by atoms with Crippen molar-refractivity contribution in [3.63, 3.8) is 0 Å². The van der Waals surface area contributed by atoms with E-state index in [0.29, 0.717) is 36.3 Å². The van der Waals surface area contributed by atoms with Crippen LogP contribution in [-0.4, -0.2) is 42.6 Å². The summed E-state index contributed by atoms with van der Waals surface area (Å²) in [7, 11) is 0. The Kier molecular flexibility index (Phi) is 5.00. The lowest BCUT2D eigenvalue weighted by Gasteiger charge is -2.30. The molecule has 0 spiro atoms. The maximum atomic E-state index is 13.6. The van der Waals surface area contributed by atoms with Crippen molar-refractivity contribution >= 4 is 18.0 Å². The first-order valence-electron chi connectivity index (χ1n) is 9.05. The van der Waals surface area contributed by atoms with Gasteiger partial charge in [-0.3, -0.25) is 14.6 Å². The molecule has 0 unspecified atom stereocenters. The molecule has 2 aliphatic rings. The van der Waals surface area contributed by atoms with Gasteiger partial charge in [-0.1, -0.05) is 13.8 Å². The second-order valence-corrected chi connectivity index (χ2v) is 7.55. The summed E-state index contributed by atoms with van der Waals surface area (Å²) in [5.41, 5.74) is 2.73. The van der Waals surface area contributed by atoms with Crippen molar-refractivity contribution < 1.29 is 14.0 Å². The first-order chi connectivity index (χ1) is 12.7.